The second-order valence-electron chi connectivity index (χ2n) is 3.79. The molecule has 1 aromatic rings. The van der Waals surface area contributed by atoms with Crippen molar-refractivity contribution in [1.29, 1.82) is 0 Å². The molecule has 90 valence electrons. The van der Waals surface area contributed by atoms with Crippen LogP contribution < -0.4 is 0 Å². The Morgan fingerprint density at radius 3 is 2.53 bits per heavy atom. The van der Waals surface area contributed by atoms with Gasteiger partial charge in [0, 0.05) is 5.56 Å². The van der Waals surface area contributed by atoms with Crippen molar-refractivity contribution in [2.24, 2.45) is 0 Å². The van der Waals surface area contributed by atoms with Crippen molar-refractivity contribution < 1.29 is 14.3 Å². The Labute approximate surface area is 101 Å². The number of hydrogen-bond donors (Lipinski definition) is 0. The summed E-state index contributed by atoms with van der Waals surface area (Å²) < 4.78 is 4.48. The van der Waals surface area contributed by atoms with Gasteiger partial charge >= 0.3 is 5.97 Å². The van der Waals surface area contributed by atoms with Gasteiger partial charge < -0.3 is 4.74 Å². The average molecular weight is 232 g/mol. The van der Waals surface area contributed by atoms with Crippen molar-refractivity contribution in [2.45, 2.75) is 20.3 Å². The Bertz CT molecular complexity index is 472. The molecule has 0 unspecified atom stereocenters. The van der Waals surface area contributed by atoms with Gasteiger partial charge in [0.15, 0.2) is 5.78 Å². The van der Waals surface area contributed by atoms with Gasteiger partial charge in [0.25, 0.3) is 0 Å². The van der Waals surface area contributed by atoms with Crippen LogP contribution in [-0.4, -0.2) is 18.9 Å². The van der Waals surface area contributed by atoms with E-state index in [4.69, 9.17) is 0 Å². The molecule has 1 rings (SSSR count). The number of ketones is 1. The third-order valence-corrected chi connectivity index (χ3v) is 2.70. The van der Waals surface area contributed by atoms with Gasteiger partial charge in [-0.15, -0.1) is 0 Å². The molecule has 0 amide bonds. The number of ether oxygens (including phenoxy) is 1. The summed E-state index contributed by atoms with van der Waals surface area (Å²) in [7, 11) is 1.23. The molecular formula is C14H16O3. The zero-order chi connectivity index (χ0) is 13.0. The van der Waals surface area contributed by atoms with Gasteiger partial charge in [0.05, 0.1) is 7.11 Å². The molecule has 0 radical (unpaired) electrons. The van der Waals surface area contributed by atoms with Gasteiger partial charge in [0.2, 0.25) is 0 Å². The lowest BCUT2D eigenvalue weighted by Crippen LogP contribution is -2.13. The molecule has 0 saturated heterocycles. The predicted octanol–water partition coefficient (Wildman–Crippen LogP) is 2.47. The molecule has 0 saturated carbocycles. The molecule has 0 N–H and O–H groups in total. The first kappa shape index (κ1) is 13.2. The Morgan fingerprint density at radius 2 is 2.00 bits per heavy atom. The lowest BCUT2D eigenvalue weighted by Gasteiger charge is -2.07. The first-order valence-corrected chi connectivity index (χ1v) is 5.42. The third-order valence-electron chi connectivity index (χ3n) is 2.70. The molecule has 0 aliphatic carbocycles. The highest BCUT2D eigenvalue weighted by Crippen LogP contribution is 2.15. The lowest BCUT2D eigenvalue weighted by molar-refractivity contribution is -0.135. The first-order valence-electron chi connectivity index (χ1n) is 5.42. The van der Waals surface area contributed by atoms with Crippen LogP contribution in [0, 0.1) is 6.92 Å². The van der Waals surface area contributed by atoms with Crippen LogP contribution in [0.3, 0.4) is 0 Å². The number of carbonyl (C=O) groups excluding carboxylic acids is 2. The summed E-state index contributed by atoms with van der Waals surface area (Å²) >= 11 is 0. The Balaban J connectivity index is 3.05. The topological polar surface area (TPSA) is 43.4 Å². The Hall–Kier alpha value is -1.90. The molecule has 0 fully saturated rings. The minimum Gasteiger partial charge on any atom is -0.465 e. The van der Waals surface area contributed by atoms with Crippen molar-refractivity contribution in [1.82, 2.24) is 0 Å². The molecule has 0 aliphatic rings. The van der Waals surface area contributed by atoms with E-state index in [1.165, 1.54) is 7.11 Å². The van der Waals surface area contributed by atoms with Crippen LogP contribution in [0.1, 0.15) is 28.4 Å². The minimum atomic E-state index is -0.686. The fourth-order valence-electron chi connectivity index (χ4n) is 1.58. The van der Waals surface area contributed by atoms with Gasteiger partial charge in [-0.3, -0.25) is 4.79 Å². The van der Waals surface area contributed by atoms with Crippen LogP contribution in [0.4, 0.5) is 0 Å². The predicted molar refractivity (Wildman–Crippen MR) is 66.0 cm³/mol. The summed E-state index contributed by atoms with van der Waals surface area (Å²) in [6.07, 6.45) is 0.845. The normalized spacial score (nSPS) is 9.82. The van der Waals surface area contributed by atoms with Crippen LogP contribution >= 0.6 is 0 Å². The van der Waals surface area contributed by atoms with E-state index in [1.54, 1.807) is 12.1 Å². The second kappa shape index (κ2) is 5.43. The van der Waals surface area contributed by atoms with E-state index in [9.17, 15) is 9.59 Å². The van der Waals surface area contributed by atoms with E-state index in [2.05, 4.69) is 11.3 Å². The number of hydrogen-bond acceptors (Lipinski definition) is 3. The number of esters is 1. The fraction of sp³-hybridized carbons (Fsp3) is 0.286. The summed E-state index contributed by atoms with van der Waals surface area (Å²) in [5.41, 5.74) is 2.56. The van der Waals surface area contributed by atoms with E-state index in [0.29, 0.717) is 5.56 Å². The Kier molecular flexibility index (Phi) is 4.21. The van der Waals surface area contributed by atoms with Crippen molar-refractivity contribution in [3.8, 4) is 0 Å². The molecule has 0 heterocycles. The number of aryl methyl sites for hydroxylation is 2. The average Bonchev–Trinajstić information content (AvgIpc) is 2.36. The standard InChI is InChI=1S/C14H16O3/c1-5-11-8-12(7-6-9(11)2)13(15)10(3)14(16)17-4/h6-8H,3,5H2,1-2,4H3. The smallest absolute Gasteiger partial charge is 0.341 e. The fourth-order valence-corrected chi connectivity index (χ4v) is 1.58. The van der Waals surface area contributed by atoms with Crippen LogP contribution in [-0.2, 0) is 16.0 Å². The van der Waals surface area contributed by atoms with Crippen LogP contribution in [0.5, 0.6) is 0 Å². The minimum absolute atomic E-state index is 0.140. The lowest BCUT2D eigenvalue weighted by atomic mass is 9.98. The number of methoxy groups -OCH3 is 1. The van der Waals surface area contributed by atoms with E-state index in [1.807, 2.05) is 19.9 Å². The summed E-state index contributed by atoms with van der Waals surface area (Å²) in [6.45, 7) is 7.46. The molecule has 0 atom stereocenters. The number of carbonyl (C=O) groups is 2. The summed E-state index contributed by atoms with van der Waals surface area (Å²) in [5, 5.41) is 0. The zero-order valence-corrected chi connectivity index (χ0v) is 10.4. The molecule has 1 aromatic carbocycles. The SMILES string of the molecule is C=C(C(=O)OC)C(=O)c1ccc(C)c(CC)c1. The van der Waals surface area contributed by atoms with Crippen molar-refractivity contribution in [2.75, 3.05) is 7.11 Å². The van der Waals surface area contributed by atoms with E-state index < -0.39 is 5.97 Å². The summed E-state index contributed by atoms with van der Waals surface area (Å²) in [5.74, 6) is -1.07. The quantitative estimate of drug-likeness (QED) is 0.263. The van der Waals surface area contributed by atoms with Gasteiger partial charge in [-0.05, 0) is 30.5 Å². The number of benzene rings is 1. The van der Waals surface area contributed by atoms with Gasteiger partial charge in [-0.1, -0.05) is 25.6 Å². The van der Waals surface area contributed by atoms with Crippen molar-refractivity contribution >= 4 is 11.8 Å². The van der Waals surface area contributed by atoms with E-state index >= 15 is 0 Å². The highest BCUT2D eigenvalue weighted by Gasteiger charge is 2.18. The van der Waals surface area contributed by atoms with Gasteiger partial charge in [-0.2, -0.15) is 0 Å². The highest BCUT2D eigenvalue weighted by atomic mass is 16.5. The largest absolute Gasteiger partial charge is 0.465 e. The molecule has 0 aromatic heterocycles. The summed E-state index contributed by atoms with van der Waals surface area (Å²) in [6, 6.07) is 5.37. The number of Topliss-reactive ketones (excluding diaryl/α,β-unsaturated/α-hetero) is 1. The van der Waals surface area contributed by atoms with E-state index in [-0.39, 0.29) is 11.4 Å². The second-order valence-corrected chi connectivity index (χ2v) is 3.79. The maximum Gasteiger partial charge on any atom is 0.341 e. The maximum atomic E-state index is 11.9. The van der Waals surface area contributed by atoms with Crippen molar-refractivity contribution in [3.05, 3.63) is 47.0 Å². The molecule has 0 spiro atoms. The Morgan fingerprint density at radius 1 is 1.35 bits per heavy atom. The van der Waals surface area contributed by atoms with Crippen LogP contribution in [0.25, 0.3) is 0 Å². The molecular weight excluding hydrogens is 216 g/mol. The number of rotatable bonds is 4. The van der Waals surface area contributed by atoms with Crippen LogP contribution in [0.2, 0.25) is 0 Å². The highest BCUT2D eigenvalue weighted by molar-refractivity contribution is 6.23. The molecule has 0 bridgehead atoms. The van der Waals surface area contributed by atoms with Crippen LogP contribution in [0.15, 0.2) is 30.4 Å². The first-order chi connectivity index (χ1) is 8.01. The monoisotopic (exact) mass is 232 g/mol. The van der Waals surface area contributed by atoms with Crippen molar-refractivity contribution in [3.63, 3.8) is 0 Å². The molecule has 3 heteroatoms. The molecule has 3 nitrogen and oxygen atoms in total. The maximum absolute atomic E-state index is 11.9. The van der Waals surface area contributed by atoms with Gasteiger partial charge in [0.1, 0.15) is 5.57 Å². The molecule has 0 aliphatic heterocycles. The zero-order valence-electron chi connectivity index (χ0n) is 10.4. The van der Waals surface area contributed by atoms with Gasteiger partial charge in [-0.25, -0.2) is 4.79 Å². The molecule has 17 heavy (non-hydrogen) atoms. The third kappa shape index (κ3) is 2.81. The summed E-state index contributed by atoms with van der Waals surface area (Å²) in [4.78, 5) is 23.1. The van der Waals surface area contributed by atoms with E-state index in [0.717, 1.165) is 17.5 Å².